The normalized spacial score (nSPS) is 20.2. The van der Waals surface area contributed by atoms with E-state index in [1.54, 1.807) is 11.8 Å². The first-order valence-electron chi connectivity index (χ1n) is 7.71. The highest BCUT2D eigenvalue weighted by Gasteiger charge is 2.32. The van der Waals surface area contributed by atoms with Crippen LogP contribution in [-0.4, -0.2) is 58.2 Å². The summed E-state index contributed by atoms with van der Waals surface area (Å²) in [6.07, 6.45) is 3.04. The summed E-state index contributed by atoms with van der Waals surface area (Å²) in [5, 5.41) is 8.99. The second-order valence-corrected chi connectivity index (χ2v) is 7.88. The SMILES string of the molecule is CCn1ccc(-c2nc(CCOC)nn2[C@H]2CCS(=O)(=O)C2)n1. The van der Waals surface area contributed by atoms with Gasteiger partial charge in [-0.15, -0.1) is 0 Å². The number of sulfone groups is 1. The van der Waals surface area contributed by atoms with Gasteiger partial charge in [0, 0.05) is 26.3 Å². The minimum Gasteiger partial charge on any atom is -0.384 e. The van der Waals surface area contributed by atoms with E-state index in [2.05, 4.69) is 15.2 Å². The van der Waals surface area contributed by atoms with Gasteiger partial charge in [0.05, 0.1) is 24.2 Å². The molecule has 1 aliphatic heterocycles. The molecule has 0 spiro atoms. The van der Waals surface area contributed by atoms with Crippen molar-refractivity contribution in [2.24, 2.45) is 0 Å². The Kier molecular flexibility index (Phi) is 4.49. The number of methoxy groups -OCH3 is 1. The Bertz CT molecular complexity index is 780. The van der Waals surface area contributed by atoms with Gasteiger partial charge in [0.25, 0.3) is 0 Å². The van der Waals surface area contributed by atoms with Crippen LogP contribution in [0.15, 0.2) is 12.3 Å². The van der Waals surface area contributed by atoms with Crippen molar-refractivity contribution in [3.05, 3.63) is 18.1 Å². The van der Waals surface area contributed by atoms with Gasteiger partial charge in [0.1, 0.15) is 5.69 Å². The largest absolute Gasteiger partial charge is 0.384 e. The molecule has 1 aliphatic rings. The first-order chi connectivity index (χ1) is 11.0. The summed E-state index contributed by atoms with van der Waals surface area (Å²) < 4.78 is 32.2. The van der Waals surface area contributed by atoms with Crippen molar-refractivity contribution in [1.82, 2.24) is 24.5 Å². The molecule has 8 nitrogen and oxygen atoms in total. The Morgan fingerprint density at radius 2 is 2.22 bits per heavy atom. The van der Waals surface area contributed by atoms with Crippen LogP contribution in [0.4, 0.5) is 0 Å². The van der Waals surface area contributed by atoms with E-state index in [0.717, 1.165) is 6.54 Å². The number of aryl methyl sites for hydroxylation is 1. The predicted octanol–water partition coefficient (Wildman–Crippen LogP) is 0.710. The van der Waals surface area contributed by atoms with E-state index < -0.39 is 9.84 Å². The lowest BCUT2D eigenvalue weighted by molar-refractivity contribution is 0.200. The van der Waals surface area contributed by atoms with Crippen LogP contribution in [0.25, 0.3) is 11.5 Å². The van der Waals surface area contributed by atoms with Gasteiger partial charge >= 0.3 is 0 Å². The Labute approximate surface area is 135 Å². The fourth-order valence-electron chi connectivity index (χ4n) is 2.72. The molecule has 9 heteroatoms. The topological polar surface area (TPSA) is 91.9 Å². The quantitative estimate of drug-likeness (QED) is 0.770. The predicted molar refractivity (Wildman–Crippen MR) is 84.8 cm³/mol. The second kappa shape index (κ2) is 6.40. The average Bonchev–Trinajstić information content (AvgIpc) is 3.21. The molecule has 1 atom stereocenters. The minimum absolute atomic E-state index is 0.113. The highest BCUT2D eigenvalue weighted by atomic mass is 32.2. The highest BCUT2D eigenvalue weighted by Crippen LogP contribution is 2.27. The molecule has 2 aromatic heterocycles. The first kappa shape index (κ1) is 16.1. The summed E-state index contributed by atoms with van der Waals surface area (Å²) in [5.41, 5.74) is 0.715. The smallest absolute Gasteiger partial charge is 0.179 e. The van der Waals surface area contributed by atoms with Gasteiger partial charge in [-0.05, 0) is 19.4 Å². The van der Waals surface area contributed by atoms with Crippen LogP contribution >= 0.6 is 0 Å². The number of hydrogen-bond donors (Lipinski definition) is 0. The zero-order valence-electron chi connectivity index (χ0n) is 13.3. The zero-order chi connectivity index (χ0) is 16.4. The van der Waals surface area contributed by atoms with E-state index in [1.807, 2.05) is 23.9 Å². The van der Waals surface area contributed by atoms with Crippen molar-refractivity contribution < 1.29 is 13.2 Å². The second-order valence-electron chi connectivity index (χ2n) is 5.65. The van der Waals surface area contributed by atoms with Crippen LogP contribution in [0, 0.1) is 0 Å². The molecule has 0 amide bonds. The molecule has 0 radical (unpaired) electrons. The Hall–Kier alpha value is -1.74. The van der Waals surface area contributed by atoms with Crippen LogP contribution in [0.5, 0.6) is 0 Å². The van der Waals surface area contributed by atoms with Crippen molar-refractivity contribution in [2.75, 3.05) is 25.2 Å². The molecule has 126 valence electrons. The van der Waals surface area contributed by atoms with E-state index in [9.17, 15) is 8.42 Å². The molecule has 1 saturated heterocycles. The summed E-state index contributed by atoms with van der Waals surface area (Å²) in [6, 6.07) is 1.71. The van der Waals surface area contributed by atoms with Crippen LogP contribution in [-0.2, 0) is 27.5 Å². The fraction of sp³-hybridized carbons (Fsp3) is 0.643. The van der Waals surface area contributed by atoms with Crippen molar-refractivity contribution >= 4 is 9.84 Å². The Balaban J connectivity index is 1.97. The third-order valence-corrected chi connectivity index (χ3v) is 5.70. The lowest BCUT2D eigenvalue weighted by Crippen LogP contribution is -2.14. The molecule has 0 bridgehead atoms. The maximum absolute atomic E-state index is 11.8. The van der Waals surface area contributed by atoms with Crippen LogP contribution in [0.1, 0.15) is 25.2 Å². The molecule has 0 N–H and O–H groups in total. The molecule has 3 rings (SSSR count). The number of hydrogen-bond acceptors (Lipinski definition) is 6. The maximum Gasteiger partial charge on any atom is 0.179 e. The standard InChI is InChI=1S/C14H21N5O3S/c1-3-18-7-4-12(16-18)14-15-13(5-8-22-2)17-19(14)11-6-9-23(20,21)10-11/h4,7,11H,3,5-6,8-10H2,1-2H3/t11-/m0/s1. The van der Waals surface area contributed by atoms with Crippen molar-refractivity contribution in [2.45, 2.75) is 32.4 Å². The Morgan fingerprint density at radius 1 is 1.39 bits per heavy atom. The summed E-state index contributed by atoms with van der Waals surface area (Å²) >= 11 is 0. The molecule has 0 aromatic carbocycles. The first-order valence-corrected chi connectivity index (χ1v) is 9.53. The summed E-state index contributed by atoms with van der Waals surface area (Å²) in [6.45, 7) is 3.30. The summed E-state index contributed by atoms with van der Waals surface area (Å²) in [5.74, 6) is 1.60. The monoisotopic (exact) mass is 339 g/mol. The molecule has 23 heavy (non-hydrogen) atoms. The van der Waals surface area contributed by atoms with E-state index in [0.29, 0.717) is 36.8 Å². The number of nitrogens with zero attached hydrogens (tertiary/aromatic N) is 5. The average molecular weight is 339 g/mol. The van der Waals surface area contributed by atoms with E-state index in [4.69, 9.17) is 4.74 Å². The fourth-order valence-corrected chi connectivity index (χ4v) is 4.41. The van der Waals surface area contributed by atoms with Crippen LogP contribution in [0.2, 0.25) is 0 Å². The molecular formula is C14H21N5O3S. The van der Waals surface area contributed by atoms with Gasteiger partial charge in [-0.1, -0.05) is 0 Å². The minimum atomic E-state index is -2.99. The van der Waals surface area contributed by atoms with Crippen molar-refractivity contribution in [1.29, 1.82) is 0 Å². The van der Waals surface area contributed by atoms with Gasteiger partial charge in [-0.3, -0.25) is 4.68 Å². The highest BCUT2D eigenvalue weighted by molar-refractivity contribution is 7.91. The molecule has 2 aromatic rings. The molecule has 1 fully saturated rings. The third-order valence-electron chi connectivity index (χ3n) is 3.95. The lowest BCUT2D eigenvalue weighted by Gasteiger charge is -2.10. The van der Waals surface area contributed by atoms with Gasteiger partial charge in [-0.25, -0.2) is 18.1 Å². The molecule has 0 aliphatic carbocycles. The summed E-state index contributed by atoms with van der Waals surface area (Å²) in [4.78, 5) is 4.56. The van der Waals surface area contributed by atoms with Crippen LogP contribution in [0.3, 0.4) is 0 Å². The van der Waals surface area contributed by atoms with Crippen molar-refractivity contribution in [3.63, 3.8) is 0 Å². The number of ether oxygens (including phenoxy) is 1. The molecule has 3 heterocycles. The number of aromatic nitrogens is 5. The molecular weight excluding hydrogens is 318 g/mol. The van der Waals surface area contributed by atoms with E-state index in [1.165, 1.54) is 0 Å². The molecule has 0 saturated carbocycles. The van der Waals surface area contributed by atoms with Crippen molar-refractivity contribution in [3.8, 4) is 11.5 Å². The maximum atomic E-state index is 11.8. The van der Waals surface area contributed by atoms with Crippen LogP contribution < -0.4 is 0 Å². The molecule has 0 unspecified atom stereocenters. The Morgan fingerprint density at radius 3 is 2.83 bits per heavy atom. The van der Waals surface area contributed by atoms with Gasteiger partial charge in [0.15, 0.2) is 21.5 Å². The zero-order valence-corrected chi connectivity index (χ0v) is 14.2. The van der Waals surface area contributed by atoms with Gasteiger partial charge in [0.2, 0.25) is 0 Å². The summed E-state index contributed by atoms with van der Waals surface area (Å²) in [7, 11) is -1.36. The van der Waals surface area contributed by atoms with Gasteiger partial charge in [-0.2, -0.15) is 10.2 Å². The lowest BCUT2D eigenvalue weighted by atomic mass is 10.2. The van der Waals surface area contributed by atoms with Gasteiger partial charge < -0.3 is 4.74 Å². The van der Waals surface area contributed by atoms with E-state index in [-0.39, 0.29) is 17.5 Å². The van der Waals surface area contributed by atoms with E-state index >= 15 is 0 Å². The third kappa shape index (κ3) is 3.45. The number of rotatable bonds is 6.